The molecule has 0 aromatic heterocycles. The molecule has 4 aromatic rings. The van der Waals surface area contributed by atoms with Gasteiger partial charge in [0.1, 0.15) is 11.5 Å². The van der Waals surface area contributed by atoms with Crippen LogP contribution in [0.25, 0.3) is 11.1 Å². The first kappa shape index (κ1) is 22.6. The monoisotopic (exact) mass is 475 g/mol. The second-order valence-electron chi connectivity index (χ2n) is 8.23. The molecule has 5 N–H and O–H groups in total. The van der Waals surface area contributed by atoms with E-state index in [9.17, 15) is 14.4 Å². The average molecular weight is 476 g/mol. The molecule has 0 saturated carbocycles. The van der Waals surface area contributed by atoms with Gasteiger partial charge in [-0.2, -0.15) is 0 Å². The molecule has 1 amide bonds. The second-order valence-corrected chi connectivity index (χ2v) is 8.23. The predicted molar refractivity (Wildman–Crippen MR) is 139 cm³/mol. The van der Waals surface area contributed by atoms with E-state index in [1.165, 1.54) is 6.08 Å². The number of hydrogen-bond donors (Lipinski definition) is 3. The fraction of sp³-hybridized carbons (Fsp3) is 0. The van der Waals surface area contributed by atoms with Gasteiger partial charge in [0.15, 0.2) is 11.6 Å². The number of nitrogens with two attached hydrogens (primary N) is 2. The van der Waals surface area contributed by atoms with E-state index in [0.29, 0.717) is 39.4 Å². The van der Waals surface area contributed by atoms with Crippen LogP contribution in [-0.4, -0.2) is 17.5 Å². The third-order valence-corrected chi connectivity index (χ3v) is 5.98. The zero-order valence-corrected chi connectivity index (χ0v) is 19.1. The van der Waals surface area contributed by atoms with Crippen LogP contribution in [0, 0.1) is 0 Å². The molecule has 1 aliphatic rings. The summed E-state index contributed by atoms with van der Waals surface area (Å²) in [7, 11) is 0. The SMILES string of the molecule is C=CC(=O)Nc1ccc(Oc2ccc(-c3cc(N)c(N)c4c3C(=O)c3ccccc3C4=O)cc2)cc1. The average Bonchev–Trinajstić information content (AvgIpc) is 2.90. The molecule has 176 valence electrons. The number of fused-ring (bicyclic) bond motifs is 2. The Morgan fingerprint density at radius 2 is 1.33 bits per heavy atom. The molecule has 1 aliphatic carbocycles. The van der Waals surface area contributed by atoms with Crippen molar-refractivity contribution in [3.8, 4) is 22.6 Å². The van der Waals surface area contributed by atoms with Crippen molar-refractivity contribution in [2.75, 3.05) is 16.8 Å². The minimum atomic E-state index is -0.320. The van der Waals surface area contributed by atoms with Gasteiger partial charge in [-0.25, -0.2) is 0 Å². The van der Waals surface area contributed by atoms with Crippen LogP contribution in [-0.2, 0) is 4.79 Å². The number of nitrogens with one attached hydrogen (secondary N) is 1. The van der Waals surface area contributed by atoms with Crippen LogP contribution in [0.1, 0.15) is 31.8 Å². The molecular formula is C29H21N3O4. The zero-order valence-electron chi connectivity index (χ0n) is 19.1. The topological polar surface area (TPSA) is 125 Å². The Morgan fingerprint density at radius 3 is 1.92 bits per heavy atom. The van der Waals surface area contributed by atoms with E-state index < -0.39 is 0 Å². The molecule has 0 unspecified atom stereocenters. The number of rotatable bonds is 5. The molecule has 0 bridgehead atoms. The molecule has 5 rings (SSSR count). The highest BCUT2D eigenvalue weighted by Crippen LogP contribution is 2.40. The van der Waals surface area contributed by atoms with Crippen molar-refractivity contribution in [1.82, 2.24) is 0 Å². The summed E-state index contributed by atoms with van der Waals surface area (Å²) in [6.45, 7) is 3.42. The molecule has 7 nitrogen and oxygen atoms in total. The van der Waals surface area contributed by atoms with Crippen LogP contribution in [0.5, 0.6) is 11.5 Å². The number of carbonyl (C=O) groups is 3. The van der Waals surface area contributed by atoms with Gasteiger partial charge in [-0.05, 0) is 59.7 Å². The molecule has 0 heterocycles. The van der Waals surface area contributed by atoms with Crippen molar-refractivity contribution in [2.24, 2.45) is 0 Å². The fourth-order valence-corrected chi connectivity index (χ4v) is 4.21. The van der Waals surface area contributed by atoms with E-state index in [1.807, 2.05) is 0 Å². The van der Waals surface area contributed by atoms with Crippen LogP contribution < -0.4 is 21.5 Å². The first-order chi connectivity index (χ1) is 17.4. The van der Waals surface area contributed by atoms with E-state index in [2.05, 4.69) is 11.9 Å². The van der Waals surface area contributed by atoms with Crippen molar-refractivity contribution in [1.29, 1.82) is 0 Å². The lowest BCUT2D eigenvalue weighted by atomic mass is 9.79. The summed E-state index contributed by atoms with van der Waals surface area (Å²) in [5, 5.41) is 2.67. The van der Waals surface area contributed by atoms with E-state index in [1.54, 1.807) is 78.9 Å². The van der Waals surface area contributed by atoms with Gasteiger partial charge in [-0.3, -0.25) is 14.4 Å². The van der Waals surface area contributed by atoms with Crippen LogP contribution >= 0.6 is 0 Å². The highest BCUT2D eigenvalue weighted by atomic mass is 16.5. The van der Waals surface area contributed by atoms with Gasteiger partial charge in [0.2, 0.25) is 5.91 Å². The summed E-state index contributed by atoms with van der Waals surface area (Å²) in [6, 6.07) is 22.3. The van der Waals surface area contributed by atoms with Crippen molar-refractivity contribution in [2.45, 2.75) is 0 Å². The maximum atomic E-state index is 13.4. The summed E-state index contributed by atoms with van der Waals surface area (Å²) in [5.74, 6) is 0.246. The van der Waals surface area contributed by atoms with Crippen molar-refractivity contribution >= 4 is 34.5 Å². The largest absolute Gasteiger partial charge is 0.457 e. The van der Waals surface area contributed by atoms with Gasteiger partial charge >= 0.3 is 0 Å². The second kappa shape index (κ2) is 8.88. The summed E-state index contributed by atoms with van der Waals surface area (Å²) in [5.41, 5.74) is 15.5. The van der Waals surface area contributed by atoms with E-state index in [4.69, 9.17) is 16.2 Å². The van der Waals surface area contributed by atoms with Crippen molar-refractivity contribution in [3.05, 3.63) is 114 Å². The molecule has 0 fully saturated rings. The van der Waals surface area contributed by atoms with Gasteiger partial charge < -0.3 is 21.5 Å². The normalized spacial score (nSPS) is 11.9. The van der Waals surface area contributed by atoms with Crippen LogP contribution in [0.2, 0.25) is 0 Å². The Bertz CT molecular complexity index is 1560. The first-order valence-corrected chi connectivity index (χ1v) is 11.1. The van der Waals surface area contributed by atoms with Gasteiger partial charge in [0.05, 0.1) is 16.9 Å². The molecule has 7 heteroatoms. The standard InChI is InChI=1S/C29H21N3O4/c1-2-24(33)32-17-9-13-19(14-10-17)36-18-11-7-16(8-12-18)22-15-23(30)27(31)26-25(22)28(34)20-5-3-4-6-21(20)29(26)35/h2-15H,1,30-31H2,(H,32,33). The van der Waals surface area contributed by atoms with Gasteiger partial charge in [0, 0.05) is 22.4 Å². The number of anilines is 3. The Kier molecular flexibility index (Phi) is 5.58. The van der Waals surface area contributed by atoms with Gasteiger partial charge in [-0.1, -0.05) is 43.0 Å². The molecule has 0 saturated heterocycles. The van der Waals surface area contributed by atoms with E-state index >= 15 is 0 Å². The molecular weight excluding hydrogens is 454 g/mol. The molecule has 4 aromatic carbocycles. The summed E-state index contributed by atoms with van der Waals surface area (Å²) < 4.78 is 5.90. The lowest BCUT2D eigenvalue weighted by molar-refractivity contribution is -0.111. The minimum absolute atomic E-state index is 0.106. The van der Waals surface area contributed by atoms with Crippen LogP contribution in [0.4, 0.5) is 17.1 Å². The quantitative estimate of drug-likeness (QED) is 0.237. The number of ether oxygens (including phenoxy) is 1. The van der Waals surface area contributed by atoms with E-state index in [-0.39, 0.29) is 40.0 Å². The third kappa shape index (κ3) is 3.88. The number of nitrogen functional groups attached to an aromatic ring is 2. The van der Waals surface area contributed by atoms with Crippen molar-refractivity contribution in [3.63, 3.8) is 0 Å². The highest BCUT2D eigenvalue weighted by molar-refractivity contribution is 6.32. The first-order valence-electron chi connectivity index (χ1n) is 11.1. The summed E-state index contributed by atoms with van der Waals surface area (Å²) in [4.78, 5) is 38.1. The number of ketones is 2. The highest BCUT2D eigenvalue weighted by Gasteiger charge is 2.34. The van der Waals surface area contributed by atoms with Crippen LogP contribution in [0.3, 0.4) is 0 Å². The third-order valence-electron chi connectivity index (χ3n) is 5.98. The minimum Gasteiger partial charge on any atom is -0.457 e. The maximum Gasteiger partial charge on any atom is 0.247 e. The lowest BCUT2D eigenvalue weighted by Crippen LogP contribution is -2.24. The fourth-order valence-electron chi connectivity index (χ4n) is 4.21. The number of carbonyl (C=O) groups excluding carboxylic acids is 3. The lowest BCUT2D eigenvalue weighted by Gasteiger charge is -2.23. The Hall–Kier alpha value is -5.17. The predicted octanol–water partition coefficient (Wildman–Crippen LogP) is 5.21. The smallest absolute Gasteiger partial charge is 0.247 e. The zero-order chi connectivity index (χ0) is 25.4. The molecule has 36 heavy (non-hydrogen) atoms. The molecule has 0 aliphatic heterocycles. The number of benzene rings is 4. The summed E-state index contributed by atoms with van der Waals surface area (Å²) >= 11 is 0. The Balaban J connectivity index is 1.47. The molecule has 0 radical (unpaired) electrons. The summed E-state index contributed by atoms with van der Waals surface area (Å²) in [6.07, 6.45) is 1.19. The van der Waals surface area contributed by atoms with Gasteiger partial charge in [-0.15, -0.1) is 0 Å². The Labute approximate surface area is 207 Å². The van der Waals surface area contributed by atoms with Crippen LogP contribution in [0.15, 0.2) is 91.5 Å². The van der Waals surface area contributed by atoms with E-state index in [0.717, 1.165) is 0 Å². The maximum absolute atomic E-state index is 13.4. The van der Waals surface area contributed by atoms with Crippen molar-refractivity contribution < 1.29 is 19.1 Å². The molecule has 0 spiro atoms. The Morgan fingerprint density at radius 1 is 0.778 bits per heavy atom. The number of hydrogen-bond acceptors (Lipinski definition) is 6. The molecule has 0 atom stereocenters. The van der Waals surface area contributed by atoms with Gasteiger partial charge in [0.25, 0.3) is 0 Å². The number of amides is 1.